The lowest BCUT2D eigenvalue weighted by molar-refractivity contribution is -0.887. The van der Waals surface area contributed by atoms with E-state index in [0.717, 1.165) is 77.0 Å². The number of ether oxygens (including phenoxy) is 3. The molecular formula is C52H92NO7+. The summed E-state index contributed by atoms with van der Waals surface area (Å²) in [6, 6.07) is -0.623. The fourth-order valence-corrected chi connectivity index (χ4v) is 6.92. The maximum absolute atomic E-state index is 12.8. The lowest BCUT2D eigenvalue weighted by Gasteiger charge is -2.31. The number of carbonyl (C=O) groups excluding carboxylic acids is 2. The first-order chi connectivity index (χ1) is 29.1. The highest BCUT2D eigenvalue weighted by Gasteiger charge is 2.31. The van der Waals surface area contributed by atoms with Gasteiger partial charge in [-0.2, -0.15) is 0 Å². The van der Waals surface area contributed by atoms with Crippen LogP contribution in [0.5, 0.6) is 0 Å². The summed E-state index contributed by atoms with van der Waals surface area (Å²) in [7, 11) is 5.52. The van der Waals surface area contributed by atoms with Crippen LogP contribution in [-0.4, -0.2) is 80.6 Å². The second kappa shape index (κ2) is 42.7. The molecule has 2 unspecified atom stereocenters. The molecule has 0 aliphatic rings. The fourth-order valence-electron chi connectivity index (χ4n) is 6.92. The minimum absolute atomic E-state index is 0.0469. The molecule has 346 valence electrons. The normalized spacial score (nSPS) is 13.4. The number of carbonyl (C=O) groups is 3. The summed E-state index contributed by atoms with van der Waals surface area (Å²) in [5.74, 6) is -1.51. The molecule has 8 heteroatoms. The number of rotatable bonds is 43. The summed E-state index contributed by atoms with van der Waals surface area (Å²) in [6.45, 7) is 4.67. The lowest BCUT2D eigenvalue weighted by atomic mass is 10.1. The average molecular weight is 843 g/mol. The van der Waals surface area contributed by atoms with Crippen LogP contribution in [0.15, 0.2) is 60.8 Å². The van der Waals surface area contributed by atoms with Gasteiger partial charge in [0.2, 0.25) is 0 Å². The standard InChI is InChI=1S/C52H91NO7/c1-6-8-10-12-14-16-18-20-22-24-26-28-30-32-34-36-38-40-42-50(54)59-47-48(46-58-45-44-49(52(56)57)53(3,4)5)60-51(55)43-41-39-37-35-33-31-29-27-25-23-21-19-17-15-13-11-9-7-2/h15,17,19,21,23,25-29,48-49H,6-14,16,18,20,22,24,30-47H2,1-5H3/p+1/b17-15+,21-19+,25-23+,28-26+,29-27+. The molecule has 0 saturated heterocycles. The summed E-state index contributed by atoms with van der Waals surface area (Å²) in [4.78, 5) is 37.1. The molecule has 0 bridgehead atoms. The molecule has 0 saturated carbocycles. The highest BCUT2D eigenvalue weighted by molar-refractivity contribution is 5.72. The topological polar surface area (TPSA) is 99.1 Å². The van der Waals surface area contributed by atoms with E-state index in [1.54, 1.807) is 0 Å². The van der Waals surface area contributed by atoms with E-state index >= 15 is 0 Å². The van der Waals surface area contributed by atoms with Crippen LogP contribution in [0.25, 0.3) is 0 Å². The zero-order valence-electron chi connectivity index (χ0n) is 39.4. The van der Waals surface area contributed by atoms with Crippen molar-refractivity contribution in [1.29, 1.82) is 0 Å². The minimum Gasteiger partial charge on any atom is -0.477 e. The van der Waals surface area contributed by atoms with E-state index in [4.69, 9.17) is 14.2 Å². The first kappa shape index (κ1) is 57.0. The van der Waals surface area contributed by atoms with Crippen LogP contribution in [0.2, 0.25) is 0 Å². The summed E-state index contributed by atoms with van der Waals surface area (Å²) < 4.78 is 17.3. The Morgan fingerprint density at radius 1 is 0.500 bits per heavy atom. The van der Waals surface area contributed by atoms with Gasteiger partial charge in [-0.15, -0.1) is 0 Å². The van der Waals surface area contributed by atoms with E-state index in [9.17, 15) is 19.5 Å². The monoisotopic (exact) mass is 843 g/mol. The Morgan fingerprint density at radius 3 is 1.38 bits per heavy atom. The Bertz CT molecular complexity index is 1170. The quantitative estimate of drug-likeness (QED) is 0.0215. The fraction of sp³-hybridized carbons (Fsp3) is 0.750. The largest absolute Gasteiger partial charge is 0.477 e. The van der Waals surface area contributed by atoms with Gasteiger partial charge in [-0.25, -0.2) is 4.79 Å². The van der Waals surface area contributed by atoms with Crippen molar-refractivity contribution in [3.8, 4) is 0 Å². The highest BCUT2D eigenvalue weighted by atomic mass is 16.6. The predicted octanol–water partition coefficient (Wildman–Crippen LogP) is 13.8. The molecule has 1 N–H and O–H groups in total. The third-order valence-corrected chi connectivity index (χ3v) is 10.7. The number of unbranched alkanes of at least 4 members (excludes halogenated alkanes) is 22. The van der Waals surface area contributed by atoms with Gasteiger partial charge in [0.15, 0.2) is 12.1 Å². The van der Waals surface area contributed by atoms with Crippen molar-refractivity contribution in [2.24, 2.45) is 0 Å². The lowest BCUT2D eigenvalue weighted by Crippen LogP contribution is -2.50. The Hall–Kier alpha value is -2.97. The van der Waals surface area contributed by atoms with Gasteiger partial charge in [0.1, 0.15) is 6.61 Å². The van der Waals surface area contributed by atoms with E-state index < -0.39 is 18.1 Å². The van der Waals surface area contributed by atoms with E-state index in [0.29, 0.717) is 19.3 Å². The van der Waals surface area contributed by atoms with E-state index in [2.05, 4.69) is 74.6 Å². The van der Waals surface area contributed by atoms with E-state index in [1.807, 2.05) is 21.1 Å². The SMILES string of the molecule is CCCCC/C=C/C=C/C=C/C=C/CCCCCCCC(=O)OC(COCCC(C(=O)O)[N+](C)(C)C)COC(=O)CCCCCCC/C=C/CCCCCCCCCCC. The Kier molecular flexibility index (Phi) is 40.6. The third-order valence-electron chi connectivity index (χ3n) is 10.7. The number of likely N-dealkylation sites (N-methyl/N-ethyl adjacent to an activating group) is 1. The molecule has 60 heavy (non-hydrogen) atoms. The highest BCUT2D eigenvalue weighted by Crippen LogP contribution is 2.14. The molecule has 0 aromatic heterocycles. The zero-order chi connectivity index (χ0) is 44.2. The predicted molar refractivity (Wildman–Crippen MR) is 252 cm³/mol. The van der Waals surface area contributed by atoms with Crippen molar-refractivity contribution >= 4 is 17.9 Å². The molecule has 0 aliphatic heterocycles. The summed E-state index contributed by atoms with van der Waals surface area (Å²) in [6.07, 6.45) is 52.6. The molecule has 0 radical (unpaired) electrons. The van der Waals surface area contributed by atoms with Crippen LogP contribution in [0, 0.1) is 0 Å². The van der Waals surface area contributed by atoms with Crippen molar-refractivity contribution in [3.63, 3.8) is 0 Å². The number of carboxylic acid groups (broad SMARTS) is 1. The summed E-state index contributed by atoms with van der Waals surface area (Å²) >= 11 is 0. The number of quaternary nitrogens is 1. The second-order valence-corrected chi connectivity index (χ2v) is 17.5. The molecule has 2 atom stereocenters. The van der Waals surface area contributed by atoms with Crippen molar-refractivity contribution in [3.05, 3.63) is 60.8 Å². The van der Waals surface area contributed by atoms with Gasteiger partial charge in [-0.1, -0.05) is 177 Å². The molecular weight excluding hydrogens is 751 g/mol. The number of hydrogen-bond donors (Lipinski definition) is 1. The maximum atomic E-state index is 12.8. The number of aliphatic carboxylic acids is 1. The van der Waals surface area contributed by atoms with E-state index in [1.165, 1.54) is 89.9 Å². The smallest absolute Gasteiger partial charge is 0.362 e. The van der Waals surface area contributed by atoms with Crippen molar-refractivity contribution in [2.45, 2.75) is 212 Å². The Labute approximate surface area is 368 Å². The van der Waals surface area contributed by atoms with Crippen LogP contribution in [0.3, 0.4) is 0 Å². The third kappa shape index (κ3) is 40.4. The molecule has 0 rings (SSSR count). The number of allylic oxidation sites excluding steroid dienone is 10. The van der Waals surface area contributed by atoms with Gasteiger partial charge < -0.3 is 23.8 Å². The number of nitrogens with zero attached hydrogens (tertiary/aromatic N) is 1. The molecule has 0 amide bonds. The number of hydrogen-bond acceptors (Lipinski definition) is 6. The molecule has 8 nitrogen and oxygen atoms in total. The molecule has 0 heterocycles. The van der Waals surface area contributed by atoms with Crippen LogP contribution in [0.1, 0.15) is 200 Å². The molecule has 0 aliphatic carbocycles. The van der Waals surface area contributed by atoms with E-state index in [-0.39, 0.29) is 36.2 Å². The summed E-state index contributed by atoms with van der Waals surface area (Å²) in [5, 5.41) is 9.64. The Morgan fingerprint density at radius 2 is 0.900 bits per heavy atom. The minimum atomic E-state index is -0.881. The molecule has 0 fully saturated rings. The molecule has 0 aromatic rings. The second-order valence-electron chi connectivity index (χ2n) is 17.5. The number of carboxylic acids is 1. The van der Waals surface area contributed by atoms with Crippen LogP contribution >= 0.6 is 0 Å². The molecule has 0 spiro atoms. The van der Waals surface area contributed by atoms with Crippen molar-refractivity contribution in [2.75, 3.05) is 41.0 Å². The van der Waals surface area contributed by atoms with Gasteiger partial charge in [0.05, 0.1) is 34.4 Å². The summed E-state index contributed by atoms with van der Waals surface area (Å²) in [5.41, 5.74) is 0. The van der Waals surface area contributed by atoms with Gasteiger partial charge >= 0.3 is 17.9 Å². The van der Waals surface area contributed by atoms with Crippen LogP contribution in [-0.2, 0) is 28.6 Å². The van der Waals surface area contributed by atoms with Crippen molar-refractivity contribution < 1.29 is 38.2 Å². The van der Waals surface area contributed by atoms with Gasteiger partial charge in [0.25, 0.3) is 0 Å². The van der Waals surface area contributed by atoms with Crippen LogP contribution in [0.4, 0.5) is 0 Å². The zero-order valence-corrected chi connectivity index (χ0v) is 39.4. The molecule has 0 aromatic carbocycles. The van der Waals surface area contributed by atoms with Crippen molar-refractivity contribution in [1.82, 2.24) is 0 Å². The maximum Gasteiger partial charge on any atom is 0.362 e. The first-order valence-corrected chi connectivity index (χ1v) is 24.4. The first-order valence-electron chi connectivity index (χ1n) is 24.4. The number of esters is 2. The van der Waals surface area contributed by atoms with Gasteiger partial charge in [-0.05, 0) is 64.2 Å². The average Bonchev–Trinajstić information content (AvgIpc) is 3.21. The van der Waals surface area contributed by atoms with Crippen LogP contribution < -0.4 is 0 Å². The van der Waals surface area contributed by atoms with Gasteiger partial charge in [-0.3, -0.25) is 9.59 Å². The Balaban J connectivity index is 4.36. The van der Waals surface area contributed by atoms with Gasteiger partial charge in [0, 0.05) is 19.3 Å².